The third kappa shape index (κ3) is 3.58. The maximum atomic E-state index is 4.99. The summed E-state index contributed by atoms with van der Waals surface area (Å²) in [4.78, 5) is 15.1. The summed E-state index contributed by atoms with van der Waals surface area (Å²) in [6.45, 7) is 3.90. The van der Waals surface area contributed by atoms with Gasteiger partial charge in [-0.3, -0.25) is 10.00 Å². The summed E-state index contributed by atoms with van der Waals surface area (Å²) >= 11 is 1.88. The first kappa shape index (κ1) is 17.1. The summed E-state index contributed by atoms with van der Waals surface area (Å²) < 4.78 is 0. The van der Waals surface area contributed by atoms with Crippen LogP contribution in [0, 0.1) is 0 Å². The van der Waals surface area contributed by atoms with Crippen molar-refractivity contribution in [2.24, 2.45) is 0 Å². The van der Waals surface area contributed by atoms with Crippen LogP contribution in [0.5, 0.6) is 0 Å². The smallest absolute Gasteiger partial charge is 0.146 e. The Labute approximate surface area is 163 Å². The lowest BCUT2D eigenvalue weighted by molar-refractivity contribution is 0.216. The summed E-state index contributed by atoms with van der Waals surface area (Å²) in [5.74, 6) is 1.95. The molecule has 7 heteroatoms. The van der Waals surface area contributed by atoms with Gasteiger partial charge in [0, 0.05) is 11.1 Å². The van der Waals surface area contributed by atoms with Gasteiger partial charge in [-0.25, -0.2) is 9.97 Å². The van der Waals surface area contributed by atoms with Crippen LogP contribution in [0.3, 0.4) is 0 Å². The van der Waals surface area contributed by atoms with Gasteiger partial charge in [0.1, 0.15) is 16.5 Å². The summed E-state index contributed by atoms with van der Waals surface area (Å²) in [6, 6.07) is 2.00. The van der Waals surface area contributed by atoms with E-state index in [2.05, 4.69) is 20.4 Å². The lowest BCUT2D eigenvalue weighted by Crippen LogP contribution is -2.30. The monoisotopic (exact) mass is 382 g/mol. The second-order valence-electron chi connectivity index (χ2n) is 7.65. The summed E-state index contributed by atoms with van der Waals surface area (Å²) in [5, 5.41) is 11.9. The average Bonchev–Trinajstić information content (AvgIpc) is 3.34. The molecule has 2 aliphatic rings. The van der Waals surface area contributed by atoms with Gasteiger partial charge in [0.15, 0.2) is 0 Å². The van der Waals surface area contributed by atoms with Crippen molar-refractivity contribution in [3.63, 3.8) is 0 Å². The van der Waals surface area contributed by atoms with Gasteiger partial charge >= 0.3 is 0 Å². The number of thiophene rings is 1. The van der Waals surface area contributed by atoms with Crippen molar-refractivity contribution in [2.45, 2.75) is 58.0 Å². The molecule has 6 nitrogen and oxygen atoms in total. The number of hydrogen-bond donors (Lipinski definition) is 2. The van der Waals surface area contributed by atoms with Gasteiger partial charge < -0.3 is 5.32 Å². The van der Waals surface area contributed by atoms with Gasteiger partial charge in [-0.05, 0) is 63.2 Å². The molecule has 3 aromatic rings. The Kier molecular flexibility index (Phi) is 4.80. The lowest BCUT2D eigenvalue weighted by atomic mass is 9.97. The number of nitrogens with one attached hydrogen (secondary N) is 2. The van der Waals surface area contributed by atoms with Crippen molar-refractivity contribution in [1.82, 2.24) is 25.1 Å². The third-order valence-electron chi connectivity index (χ3n) is 5.68. The molecule has 5 rings (SSSR count). The van der Waals surface area contributed by atoms with Crippen molar-refractivity contribution in [2.75, 3.05) is 18.4 Å². The standard InChI is InChI=1S/C20H26N6S/c1-4-10-26(11-5-1)13-17-23-19(21-12-14-8-9-22-25-14)18-15-6-2-3-7-16(15)27-20(18)24-17/h8-9H,1-7,10-13H2,(H,22,25)(H,21,23,24). The van der Waals surface area contributed by atoms with Crippen LogP contribution in [-0.4, -0.2) is 38.2 Å². The van der Waals surface area contributed by atoms with E-state index in [1.54, 1.807) is 6.20 Å². The molecule has 142 valence electrons. The van der Waals surface area contributed by atoms with E-state index in [9.17, 15) is 0 Å². The first-order valence-corrected chi connectivity index (χ1v) is 10.9. The van der Waals surface area contributed by atoms with Gasteiger partial charge in [-0.15, -0.1) is 11.3 Å². The van der Waals surface area contributed by atoms with Crippen molar-refractivity contribution in [3.8, 4) is 0 Å². The van der Waals surface area contributed by atoms with Crippen molar-refractivity contribution in [3.05, 3.63) is 34.2 Å². The third-order valence-corrected chi connectivity index (χ3v) is 6.87. The maximum absolute atomic E-state index is 4.99. The van der Waals surface area contributed by atoms with E-state index in [1.807, 2.05) is 17.4 Å². The SMILES string of the molecule is c1cc(CNc2nc(CN3CCCCC3)nc3sc4c(c23)CCCC4)[nH]n1. The topological polar surface area (TPSA) is 69.7 Å². The maximum Gasteiger partial charge on any atom is 0.146 e. The van der Waals surface area contributed by atoms with E-state index in [-0.39, 0.29) is 0 Å². The fourth-order valence-electron chi connectivity index (χ4n) is 4.28. The van der Waals surface area contributed by atoms with E-state index in [0.29, 0.717) is 6.54 Å². The summed E-state index contributed by atoms with van der Waals surface area (Å²) in [6.07, 6.45) is 10.6. The van der Waals surface area contributed by atoms with E-state index in [0.717, 1.165) is 35.1 Å². The zero-order valence-corrected chi connectivity index (χ0v) is 16.4. The molecule has 1 saturated heterocycles. The quantitative estimate of drug-likeness (QED) is 0.700. The van der Waals surface area contributed by atoms with Crippen LogP contribution >= 0.6 is 11.3 Å². The number of hydrogen-bond acceptors (Lipinski definition) is 6. The van der Waals surface area contributed by atoms with Crippen molar-refractivity contribution < 1.29 is 0 Å². The zero-order valence-electron chi connectivity index (χ0n) is 15.6. The van der Waals surface area contributed by atoms with Gasteiger partial charge in [0.25, 0.3) is 0 Å². The summed E-state index contributed by atoms with van der Waals surface area (Å²) in [7, 11) is 0. The first-order chi connectivity index (χ1) is 13.4. The Hall–Kier alpha value is -1.99. The van der Waals surface area contributed by atoms with E-state index in [4.69, 9.17) is 9.97 Å². The number of aromatic amines is 1. The molecule has 2 N–H and O–H groups in total. The largest absolute Gasteiger partial charge is 0.364 e. The Balaban J connectivity index is 1.50. The predicted octanol–water partition coefficient (Wildman–Crippen LogP) is 3.89. The highest BCUT2D eigenvalue weighted by Crippen LogP contribution is 2.38. The zero-order chi connectivity index (χ0) is 18.1. The van der Waals surface area contributed by atoms with Crippen molar-refractivity contribution >= 4 is 27.4 Å². The van der Waals surface area contributed by atoms with Crippen LogP contribution in [0.4, 0.5) is 5.82 Å². The summed E-state index contributed by atoms with van der Waals surface area (Å²) in [5.41, 5.74) is 2.56. The minimum Gasteiger partial charge on any atom is -0.364 e. The van der Waals surface area contributed by atoms with Gasteiger partial charge in [-0.2, -0.15) is 5.10 Å². The number of piperidine rings is 1. The predicted molar refractivity (Wildman–Crippen MR) is 109 cm³/mol. The fraction of sp³-hybridized carbons (Fsp3) is 0.550. The molecule has 27 heavy (non-hydrogen) atoms. The molecule has 0 aromatic carbocycles. The molecule has 4 heterocycles. The number of nitrogens with zero attached hydrogens (tertiary/aromatic N) is 4. The Morgan fingerprint density at radius 2 is 1.96 bits per heavy atom. The van der Waals surface area contributed by atoms with Crippen LogP contribution in [-0.2, 0) is 25.9 Å². The van der Waals surface area contributed by atoms with Crippen LogP contribution in [0.25, 0.3) is 10.2 Å². The highest BCUT2D eigenvalue weighted by molar-refractivity contribution is 7.19. The molecule has 0 spiro atoms. The Morgan fingerprint density at radius 3 is 2.81 bits per heavy atom. The highest BCUT2D eigenvalue weighted by atomic mass is 32.1. The molecule has 3 aromatic heterocycles. The number of fused-ring (bicyclic) bond motifs is 3. The molecule has 0 amide bonds. The molecule has 0 bridgehead atoms. The van der Waals surface area contributed by atoms with Gasteiger partial charge in [0.2, 0.25) is 0 Å². The normalized spacial score (nSPS) is 17.9. The number of aromatic nitrogens is 4. The van der Waals surface area contributed by atoms with E-state index < -0.39 is 0 Å². The molecular weight excluding hydrogens is 356 g/mol. The number of likely N-dealkylation sites (tertiary alicyclic amines) is 1. The Bertz CT molecular complexity index is 910. The van der Waals surface area contributed by atoms with Gasteiger partial charge in [-0.1, -0.05) is 6.42 Å². The molecule has 0 saturated carbocycles. The van der Waals surface area contributed by atoms with E-state index >= 15 is 0 Å². The lowest BCUT2D eigenvalue weighted by Gasteiger charge is -2.25. The molecule has 1 aliphatic heterocycles. The van der Waals surface area contributed by atoms with Crippen LogP contribution in [0.2, 0.25) is 0 Å². The Morgan fingerprint density at radius 1 is 1.07 bits per heavy atom. The first-order valence-electron chi connectivity index (χ1n) is 10.1. The minimum absolute atomic E-state index is 0.708. The molecule has 0 atom stereocenters. The molecule has 1 aliphatic carbocycles. The molecule has 0 radical (unpaired) electrons. The number of aryl methyl sites for hydroxylation is 2. The molecule has 1 fully saturated rings. The van der Waals surface area contributed by atoms with Crippen molar-refractivity contribution in [1.29, 1.82) is 0 Å². The van der Waals surface area contributed by atoms with Crippen LogP contribution in [0.15, 0.2) is 12.3 Å². The van der Waals surface area contributed by atoms with Crippen LogP contribution < -0.4 is 5.32 Å². The van der Waals surface area contributed by atoms with Crippen LogP contribution in [0.1, 0.15) is 54.1 Å². The number of rotatable bonds is 5. The number of H-pyrrole nitrogens is 1. The van der Waals surface area contributed by atoms with E-state index in [1.165, 1.54) is 67.4 Å². The second-order valence-corrected chi connectivity index (χ2v) is 8.74. The molecule has 0 unspecified atom stereocenters. The minimum atomic E-state index is 0.708. The molecular formula is C20H26N6S. The fourth-order valence-corrected chi connectivity index (χ4v) is 5.56. The van der Waals surface area contributed by atoms with Gasteiger partial charge in [0.05, 0.1) is 24.2 Å². The average molecular weight is 383 g/mol. The second kappa shape index (κ2) is 7.56. The number of anilines is 1. The highest BCUT2D eigenvalue weighted by Gasteiger charge is 2.22.